The molecule has 106 valence electrons. The number of esters is 2. The van der Waals surface area contributed by atoms with Crippen LogP contribution in [0.2, 0.25) is 0 Å². The van der Waals surface area contributed by atoms with Gasteiger partial charge < -0.3 is 9.47 Å². The van der Waals surface area contributed by atoms with Gasteiger partial charge in [-0.15, -0.1) is 0 Å². The molecule has 0 saturated carbocycles. The first kappa shape index (κ1) is 14.0. The fourth-order valence-electron chi connectivity index (χ4n) is 2.15. The number of carbonyl (C=O) groups is 2. The van der Waals surface area contributed by atoms with Crippen LogP contribution in [0.15, 0.2) is 35.4 Å². The van der Waals surface area contributed by atoms with Crippen LogP contribution in [0.25, 0.3) is 0 Å². The number of benzene rings is 1. The number of hydrazone groups is 1. The fraction of sp³-hybridized carbons (Fsp3) is 0.357. The molecule has 20 heavy (non-hydrogen) atoms. The molecular formula is C14H16N2O4. The summed E-state index contributed by atoms with van der Waals surface area (Å²) in [7, 11) is 1.30. The summed E-state index contributed by atoms with van der Waals surface area (Å²) >= 11 is 0. The largest absolute Gasteiger partial charge is 0.467 e. The molecule has 6 nitrogen and oxygen atoms in total. The van der Waals surface area contributed by atoms with Crippen LogP contribution in [0.5, 0.6) is 0 Å². The van der Waals surface area contributed by atoms with Crippen molar-refractivity contribution >= 4 is 17.7 Å². The fourth-order valence-corrected chi connectivity index (χ4v) is 2.15. The quantitative estimate of drug-likeness (QED) is 0.824. The molecule has 0 bridgehead atoms. The molecule has 1 aromatic carbocycles. The van der Waals surface area contributed by atoms with Gasteiger partial charge in [0, 0.05) is 0 Å². The van der Waals surface area contributed by atoms with Gasteiger partial charge in [-0.05, 0) is 12.5 Å². The highest BCUT2D eigenvalue weighted by Gasteiger charge is 2.42. The van der Waals surface area contributed by atoms with Gasteiger partial charge in [0.15, 0.2) is 11.8 Å². The number of hydrogen-bond acceptors (Lipinski definition) is 6. The summed E-state index contributed by atoms with van der Waals surface area (Å²) in [4.78, 5) is 23.8. The number of ether oxygens (including phenoxy) is 2. The highest BCUT2D eigenvalue weighted by atomic mass is 16.5. The average Bonchev–Trinajstić information content (AvgIpc) is 2.92. The lowest BCUT2D eigenvalue weighted by Gasteiger charge is -2.18. The third-order valence-electron chi connectivity index (χ3n) is 3.05. The summed E-state index contributed by atoms with van der Waals surface area (Å²) in [5.41, 5.74) is 3.65. The van der Waals surface area contributed by atoms with E-state index in [0.717, 1.165) is 5.56 Å². The van der Waals surface area contributed by atoms with Crippen LogP contribution in [-0.4, -0.2) is 37.4 Å². The molecule has 1 aromatic rings. The molecule has 0 unspecified atom stereocenters. The van der Waals surface area contributed by atoms with Crippen LogP contribution in [0, 0.1) is 0 Å². The van der Waals surface area contributed by atoms with Crippen LogP contribution in [0.4, 0.5) is 0 Å². The minimum absolute atomic E-state index is 0.188. The smallest absolute Gasteiger partial charge is 0.355 e. The zero-order valence-electron chi connectivity index (χ0n) is 11.3. The molecule has 1 heterocycles. The molecule has 0 amide bonds. The molecule has 1 aliphatic rings. The zero-order chi connectivity index (χ0) is 14.5. The molecule has 2 rings (SSSR count). The van der Waals surface area contributed by atoms with E-state index in [2.05, 4.69) is 10.5 Å². The maximum absolute atomic E-state index is 11.9. The number of nitrogens with zero attached hydrogens (tertiary/aromatic N) is 1. The Morgan fingerprint density at radius 3 is 2.60 bits per heavy atom. The van der Waals surface area contributed by atoms with Crippen LogP contribution in [0.3, 0.4) is 0 Å². The van der Waals surface area contributed by atoms with Gasteiger partial charge in [0.05, 0.1) is 19.6 Å². The van der Waals surface area contributed by atoms with Crippen molar-refractivity contribution < 1.29 is 19.1 Å². The second-order valence-electron chi connectivity index (χ2n) is 4.24. The van der Waals surface area contributed by atoms with Gasteiger partial charge in [0.25, 0.3) is 0 Å². The highest BCUT2D eigenvalue weighted by Crippen LogP contribution is 2.27. The van der Waals surface area contributed by atoms with Gasteiger partial charge >= 0.3 is 11.9 Å². The molecule has 0 saturated heterocycles. The molecule has 0 radical (unpaired) electrons. The minimum Gasteiger partial charge on any atom is -0.467 e. The van der Waals surface area contributed by atoms with E-state index in [4.69, 9.17) is 9.47 Å². The van der Waals surface area contributed by atoms with Crippen LogP contribution in [0.1, 0.15) is 18.4 Å². The van der Waals surface area contributed by atoms with Crippen LogP contribution >= 0.6 is 0 Å². The summed E-state index contributed by atoms with van der Waals surface area (Å²) < 4.78 is 9.72. The summed E-state index contributed by atoms with van der Waals surface area (Å²) in [5.74, 6) is -1.51. The third kappa shape index (κ3) is 2.64. The standard InChI is InChI=1S/C14H16N2O4/c1-3-20-14(18)12-10(9-7-5-4-6-8-9)11(15-16-12)13(17)19-2/h4-8,10-11,15H,3H2,1-2H3/t10-,11-/m1/s1. The van der Waals surface area contributed by atoms with Gasteiger partial charge in [-0.1, -0.05) is 30.3 Å². The lowest BCUT2D eigenvalue weighted by Crippen LogP contribution is -2.38. The molecule has 0 fully saturated rings. The van der Waals surface area contributed by atoms with Crippen molar-refractivity contribution in [2.24, 2.45) is 5.10 Å². The normalized spacial score (nSPS) is 20.8. The Balaban J connectivity index is 2.33. The van der Waals surface area contributed by atoms with Crippen LogP contribution in [-0.2, 0) is 19.1 Å². The van der Waals surface area contributed by atoms with Gasteiger partial charge in [-0.2, -0.15) is 5.10 Å². The van der Waals surface area contributed by atoms with E-state index in [1.807, 2.05) is 30.3 Å². The Kier molecular flexibility index (Phi) is 4.34. The summed E-state index contributed by atoms with van der Waals surface area (Å²) in [5, 5.41) is 3.95. The Bertz CT molecular complexity index is 527. The predicted molar refractivity (Wildman–Crippen MR) is 72.2 cm³/mol. The monoisotopic (exact) mass is 276 g/mol. The van der Waals surface area contributed by atoms with Crippen molar-refractivity contribution in [3.63, 3.8) is 0 Å². The summed E-state index contributed by atoms with van der Waals surface area (Å²) in [6, 6.07) is 8.49. The molecular weight excluding hydrogens is 260 g/mol. The van der Waals surface area contributed by atoms with Gasteiger partial charge in [0.1, 0.15) is 0 Å². The maximum Gasteiger partial charge on any atom is 0.355 e. The van der Waals surface area contributed by atoms with E-state index in [0.29, 0.717) is 0 Å². The molecule has 0 spiro atoms. The van der Waals surface area contributed by atoms with Crippen molar-refractivity contribution in [1.82, 2.24) is 5.43 Å². The first-order chi connectivity index (χ1) is 9.69. The van der Waals surface area contributed by atoms with E-state index in [1.165, 1.54) is 7.11 Å². The minimum atomic E-state index is -0.721. The molecule has 0 aliphatic carbocycles. The second kappa shape index (κ2) is 6.18. The Morgan fingerprint density at radius 2 is 2.00 bits per heavy atom. The van der Waals surface area contributed by atoms with Gasteiger partial charge in [-0.3, -0.25) is 5.43 Å². The topological polar surface area (TPSA) is 77.0 Å². The maximum atomic E-state index is 11.9. The predicted octanol–water partition coefficient (Wildman–Crippen LogP) is 0.834. The van der Waals surface area contributed by atoms with E-state index in [9.17, 15) is 9.59 Å². The Labute approximate surface area is 116 Å². The lowest BCUT2D eigenvalue weighted by molar-refractivity contribution is -0.143. The highest BCUT2D eigenvalue weighted by molar-refractivity contribution is 6.39. The van der Waals surface area contributed by atoms with E-state index in [-0.39, 0.29) is 12.3 Å². The van der Waals surface area contributed by atoms with Crippen molar-refractivity contribution in [2.75, 3.05) is 13.7 Å². The number of hydrogen-bond donors (Lipinski definition) is 1. The summed E-state index contributed by atoms with van der Waals surface area (Å²) in [6.45, 7) is 1.97. The van der Waals surface area contributed by atoms with Crippen LogP contribution < -0.4 is 5.43 Å². The second-order valence-corrected chi connectivity index (χ2v) is 4.24. The average molecular weight is 276 g/mol. The van der Waals surface area contributed by atoms with E-state index >= 15 is 0 Å². The third-order valence-corrected chi connectivity index (χ3v) is 3.05. The first-order valence-electron chi connectivity index (χ1n) is 6.32. The van der Waals surface area contributed by atoms with Crippen molar-refractivity contribution in [1.29, 1.82) is 0 Å². The Hall–Kier alpha value is -2.37. The van der Waals surface area contributed by atoms with Crippen molar-refractivity contribution in [2.45, 2.75) is 18.9 Å². The Morgan fingerprint density at radius 1 is 1.30 bits per heavy atom. The molecule has 2 atom stereocenters. The van der Waals surface area contributed by atoms with E-state index in [1.54, 1.807) is 6.92 Å². The molecule has 1 aliphatic heterocycles. The van der Waals surface area contributed by atoms with E-state index < -0.39 is 23.9 Å². The molecule has 1 N–H and O–H groups in total. The number of methoxy groups -OCH3 is 1. The van der Waals surface area contributed by atoms with Gasteiger partial charge in [-0.25, -0.2) is 9.59 Å². The molecule has 6 heteroatoms. The zero-order valence-corrected chi connectivity index (χ0v) is 11.3. The number of rotatable bonds is 4. The number of nitrogens with one attached hydrogen (secondary N) is 1. The van der Waals surface area contributed by atoms with Crippen molar-refractivity contribution in [3.05, 3.63) is 35.9 Å². The lowest BCUT2D eigenvalue weighted by atomic mass is 9.88. The number of carbonyl (C=O) groups excluding carboxylic acids is 2. The summed E-state index contributed by atoms with van der Waals surface area (Å²) in [6.07, 6.45) is 0. The van der Waals surface area contributed by atoms with Crippen molar-refractivity contribution in [3.8, 4) is 0 Å². The molecule has 0 aromatic heterocycles. The SMILES string of the molecule is CCOC(=O)C1=NN[C@@H](C(=O)OC)[C@H]1c1ccccc1. The van der Waals surface area contributed by atoms with Gasteiger partial charge in [0.2, 0.25) is 0 Å². The first-order valence-corrected chi connectivity index (χ1v) is 6.32.